The van der Waals surface area contributed by atoms with E-state index in [0.717, 1.165) is 18.4 Å². The third-order valence-electron chi connectivity index (χ3n) is 4.71. The summed E-state index contributed by atoms with van der Waals surface area (Å²) in [7, 11) is -3.80. The maximum atomic E-state index is 14.5. The molecule has 1 aromatic heterocycles. The maximum Gasteiger partial charge on any atom is 0.264 e. The number of fused-ring (bicyclic) bond motifs is 1. The Morgan fingerprint density at radius 3 is 2.55 bits per heavy atom. The topological polar surface area (TPSA) is 105 Å². The molecule has 0 bridgehead atoms. The third kappa shape index (κ3) is 4.41. The summed E-state index contributed by atoms with van der Waals surface area (Å²) >= 11 is 6.13. The molecule has 4 rings (SSSR count). The summed E-state index contributed by atoms with van der Waals surface area (Å²) in [6, 6.07) is 13.8. The predicted octanol–water partition coefficient (Wildman–Crippen LogP) is 4.19. The largest absolute Gasteiger partial charge is 0.268 e. The van der Waals surface area contributed by atoms with Gasteiger partial charge in [-0.2, -0.15) is 10.4 Å². The van der Waals surface area contributed by atoms with Gasteiger partial charge in [-0.3, -0.25) is 4.79 Å². The number of rotatable bonds is 4. The highest BCUT2D eigenvalue weighted by atomic mass is 35.5. The number of sulfonamides is 1. The predicted molar refractivity (Wildman–Crippen MR) is 118 cm³/mol. The number of amides is 1. The van der Waals surface area contributed by atoms with E-state index in [0.29, 0.717) is 15.9 Å². The number of hydrogen-bond acceptors (Lipinski definition) is 5. The first-order valence-electron chi connectivity index (χ1n) is 9.28. The Kier molecular flexibility index (Phi) is 5.61. The molecular formula is C22H13ClF2N4O3S. The van der Waals surface area contributed by atoms with Crippen LogP contribution in [-0.2, 0) is 10.0 Å². The molecule has 0 fully saturated rings. The van der Waals surface area contributed by atoms with Gasteiger partial charge >= 0.3 is 0 Å². The second kappa shape index (κ2) is 8.27. The van der Waals surface area contributed by atoms with Crippen LogP contribution in [0.4, 0.5) is 8.78 Å². The van der Waals surface area contributed by atoms with Gasteiger partial charge in [-0.1, -0.05) is 11.6 Å². The summed E-state index contributed by atoms with van der Waals surface area (Å²) in [5.41, 5.74) is 0.905. The van der Waals surface area contributed by atoms with Crippen LogP contribution in [0.25, 0.3) is 27.8 Å². The normalized spacial score (nSPS) is 11.4. The molecule has 7 nitrogen and oxygen atoms in total. The van der Waals surface area contributed by atoms with Gasteiger partial charge in [-0.25, -0.2) is 26.6 Å². The molecular weight excluding hydrogens is 474 g/mol. The van der Waals surface area contributed by atoms with Crippen molar-refractivity contribution in [1.82, 2.24) is 14.5 Å². The summed E-state index contributed by atoms with van der Waals surface area (Å²) in [4.78, 5) is 12.2. The number of nitriles is 1. The average Bonchev–Trinajstić information content (AvgIpc) is 3.10. The van der Waals surface area contributed by atoms with Crippen molar-refractivity contribution in [3.05, 3.63) is 82.4 Å². The molecule has 0 saturated heterocycles. The molecule has 1 amide bonds. The van der Waals surface area contributed by atoms with Gasteiger partial charge in [-0.05, 0) is 48.5 Å². The minimum Gasteiger partial charge on any atom is -0.268 e. The van der Waals surface area contributed by atoms with Gasteiger partial charge < -0.3 is 0 Å². The van der Waals surface area contributed by atoms with Crippen LogP contribution >= 0.6 is 11.6 Å². The zero-order valence-corrected chi connectivity index (χ0v) is 18.4. The summed E-state index contributed by atoms with van der Waals surface area (Å²) in [5.74, 6) is -2.46. The number of carbonyl (C=O) groups excluding carboxylic acids is 1. The first kappa shape index (κ1) is 22.4. The van der Waals surface area contributed by atoms with E-state index in [1.54, 1.807) is 18.2 Å². The van der Waals surface area contributed by atoms with Crippen LogP contribution in [0.2, 0.25) is 5.02 Å². The van der Waals surface area contributed by atoms with Crippen LogP contribution in [0.3, 0.4) is 0 Å². The fraction of sp³-hybridized carbons (Fsp3) is 0.0455. The minimum absolute atomic E-state index is 0.0154. The van der Waals surface area contributed by atoms with Gasteiger partial charge in [0, 0.05) is 27.6 Å². The molecule has 0 saturated carbocycles. The Hall–Kier alpha value is -3.81. The maximum absolute atomic E-state index is 14.5. The van der Waals surface area contributed by atoms with Crippen molar-refractivity contribution in [3.8, 4) is 23.0 Å². The molecule has 0 atom stereocenters. The molecule has 1 N–H and O–H groups in total. The lowest BCUT2D eigenvalue weighted by molar-refractivity contribution is 0.0981. The number of nitrogens with zero attached hydrogens (tertiary/aromatic N) is 3. The monoisotopic (exact) mass is 486 g/mol. The smallest absolute Gasteiger partial charge is 0.264 e. The van der Waals surface area contributed by atoms with Crippen molar-refractivity contribution >= 4 is 38.4 Å². The molecule has 0 unspecified atom stereocenters. The molecule has 4 aromatic rings. The standard InChI is InChI=1S/C22H13ClF2N4O3S/c1-33(31,32)28-22(30)12-2-6-19(13(8-12)11-26)29-20-7-3-14(23)9-17(20)21(27-29)16-5-4-15(24)10-18(16)25/h2-10H,1H3,(H,28,30). The van der Waals surface area contributed by atoms with E-state index < -0.39 is 27.6 Å². The fourth-order valence-corrected chi connectivity index (χ4v) is 3.96. The van der Waals surface area contributed by atoms with Crippen LogP contribution in [-0.4, -0.2) is 30.4 Å². The van der Waals surface area contributed by atoms with Crippen molar-refractivity contribution in [2.75, 3.05) is 6.26 Å². The highest BCUT2D eigenvalue weighted by Crippen LogP contribution is 2.34. The third-order valence-corrected chi connectivity index (χ3v) is 5.50. The fourth-order valence-electron chi connectivity index (χ4n) is 3.33. The van der Waals surface area contributed by atoms with Crippen molar-refractivity contribution < 1.29 is 22.0 Å². The lowest BCUT2D eigenvalue weighted by Crippen LogP contribution is -2.29. The van der Waals surface area contributed by atoms with E-state index in [4.69, 9.17) is 11.6 Å². The Bertz CT molecular complexity index is 1590. The molecule has 0 aliphatic rings. The summed E-state index contributed by atoms with van der Waals surface area (Å²) in [6.07, 6.45) is 0.835. The molecule has 11 heteroatoms. The second-order valence-electron chi connectivity index (χ2n) is 7.09. The number of halogens is 3. The van der Waals surface area contributed by atoms with E-state index >= 15 is 0 Å². The van der Waals surface area contributed by atoms with E-state index in [1.807, 2.05) is 10.8 Å². The zero-order valence-electron chi connectivity index (χ0n) is 16.8. The van der Waals surface area contributed by atoms with Crippen LogP contribution in [0.15, 0.2) is 54.6 Å². The minimum atomic E-state index is -3.80. The number of nitrogens with one attached hydrogen (secondary N) is 1. The quantitative estimate of drug-likeness (QED) is 0.466. The Labute approximate surface area is 191 Å². The molecule has 1 heterocycles. The summed E-state index contributed by atoms with van der Waals surface area (Å²) in [6.45, 7) is 0. The van der Waals surface area contributed by atoms with E-state index in [2.05, 4.69) is 5.10 Å². The van der Waals surface area contributed by atoms with Gasteiger partial charge in [0.25, 0.3) is 5.91 Å². The lowest BCUT2D eigenvalue weighted by atomic mass is 10.1. The van der Waals surface area contributed by atoms with Gasteiger partial charge in [0.15, 0.2) is 0 Å². The molecule has 0 aliphatic carbocycles. The first-order valence-corrected chi connectivity index (χ1v) is 11.5. The number of benzene rings is 3. The molecule has 3 aromatic carbocycles. The second-order valence-corrected chi connectivity index (χ2v) is 9.28. The van der Waals surface area contributed by atoms with Crippen LogP contribution in [0.1, 0.15) is 15.9 Å². The number of hydrogen-bond donors (Lipinski definition) is 1. The van der Waals surface area contributed by atoms with Gasteiger partial charge in [-0.15, -0.1) is 0 Å². The first-order chi connectivity index (χ1) is 15.6. The van der Waals surface area contributed by atoms with E-state index in [-0.39, 0.29) is 28.1 Å². The highest BCUT2D eigenvalue weighted by Gasteiger charge is 2.20. The average molecular weight is 487 g/mol. The van der Waals surface area contributed by atoms with E-state index in [1.165, 1.54) is 28.9 Å². The molecule has 0 spiro atoms. The Morgan fingerprint density at radius 1 is 1.12 bits per heavy atom. The van der Waals surface area contributed by atoms with Gasteiger partial charge in [0.2, 0.25) is 10.0 Å². The van der Waals surface area contributed by atoms with Gasteiger partial charge in [0.1, 0.15) is 23.4 Å². The van der Waals surface area contributed by atoms with Crippen molar-refractivity contribution in [3.63, 3.8) is 0 Å². The number of carbonyl (C=O) groups is 1. The van der Waals surface area contributed by atoms with Gasteiger partial charge in [0.05, 0.1) is 23.0 Å². The van der Waals surface area contributed by atoms with E-state index in [9.17, 15) is 27.3 Å². The highest BCUT2D eigenvalue weighted by molar-refractivity contribution is 7.89. The molecule has 33 heavy (non-hydrogen) atoms. The Morgan fingerprint density at radius 2 is 1.88 bits per heavy atom. The van der Waals surface area contributed by atoms with Crippen molar-refractivity contribution in [2.24, 2.45) is 0 Å². The molecule has 166 valence electrons. The molecule has 0 radical (unpaired) electrons. The summed E-state index contributed by atoms with van der Waals surface area (Å²) in [5, 5.41) is 14.9. The molecule has 0 aliphatic heterocycles. The zero-order chi connectivity index (χ0) is 23.9. The van der Waals surface area contributed by atoms with Crippen molar-refractivity contribution in [1.29, 1.82) is 5.26 Å². The van der Waals surface area contributed by atoms with Crippen molar-refractivity contribution in [2.45, 2.75) is 0 Å². The van der Waals surface area contributed by atoms with Crippen LogP contribution < -0.4 is 4.72 Å². The Balaban J connectivity index is 1.92. The summed E-state index contributed by atoms with van der Waals surface area (Å²) < 4.78 is 53.8. The SMILES string of the molecule is CS(=O)(=O)NC(=O)c1ccc(-n2nc(-c3ccc(F)cc3F)c3cc(Cl)ccc32)c(C#N)c1. The number of aromatic nitrogens is 2. The van der Waals surface area contributed by atoms with Crippen LogP contribution in [0, 0.1) is 23.0 Å². The van der Waals surface area contributed by atoms with Crippen LogP contribution in [0.5, 0.6) is 0 Å². The lowest BCUT2D eigenvalue weighted by Gasteiger charge is -2.09.